The first kappa shape index (κ1) is 16.7. The third-order valence-corrected chi connectivity index (χ3v) is 3.41. The molecule has 3 atom stereocenters. The highest BCUT2D eigenvalue weighted by molar-refractivity contribution is 5.82. The molecule has 0 saturated carbocycles. The van der Waals surface area contributed by atoms with E-state index in [1.165, 1.54) is 4.90 Å². The van der Waals surface area contributed by atoms with Gasteiger partial charge in [-0.05, 0) is 12.3 Å². The Bertz CT molecular complexity index is 336. The lowest BCUT2D eigenvalue weighted by atomic mass is 10.0. The summed E-state index contributed by atoms with van der Waals surface area (Å²) in [6, 6.07) is -1.26. The molecular formula is C13H24N2O5. The van der Waals surface area contributed by atoms with Crippen molar-refractivity contribution in [3.8, 4) is 0 Å². The number of carbonyl (C=O) groups is 2. The number of likely N-dealkylation sites (tertiary alicyclic amines) is 1. The molecule has 0 radical (unpaired) electrons. The average molecular weight is 288 g/mol. The molecule has 1 heterocycles. The minimum absolute atomic E-state index is 0.181. The van der Waals surface area contributed by atoms with Gasteiger partial charge in [-0.25, -0.2) is 9.59 Å². The van der Waals surface area contributed by atoms with Gasteiger partial charge in [0.15, 0.2) is 0 Å². The van der Waals surface area contributed by atoms with Gasteiger partial charge in [-0.3, -0.25) is 0 Å². The van der Waals surface area contributed by atoms with Crippen LogP contribution in [0.1, 0.15) is 20.3 Å². The first-order valence-electron chi connectivity index (χ1n) is 6.72. The Morgan fingerprint density at radius 1 is 1.25 bits per heavy atom. The van der Waals surface area contributed by atoms with Gasteiger partial charge in [0.25, 0.3) is 0 Å². The quantitative estimate of drug-likeness (QED) is 0.745. The summed E-state index contributed by atoms with van der Waals surface area (Å²) in [6.45, 7) is 4.63. The molecule has 1 aliphatic heterocycles. The van der Waals surface area contributed by atoms with Crippen LogP contribution in [0.2, 0.25) is 0 Å². The van der Waals surface area contributed by atoms with Crippen LogP contribution in [-0.2, 0) is 14.3 Å². The maximum atomic E-state index is 12.1. The Morgan fingerprint density at radius 2 is 1.75 bits per heavy atom. The molecule has 2 amide bonds. The third kappa shape index (κ3) is 4.35. The molecule has 0 aromatic rings. The van der Waals surface area contributed by atoms with E-state index < -0.39 is 12.0 Å². The molecule has 0 spiro atoms. The minimum Gasteiger partial charge on any atom is -0.480 e. The standard InChI is InChI=1S/C13H24N2O5/c1-8(2)5-9(12(16)17)14-13(18)15-6-10(19-3)11(7-15)20-4/h8-11H,5-7H2,1-4H3,(H,14,18)(H,16,17). The maximum absolute atomic E-state index is 12.1. The molecule has 2 N–H and O–H groups in total. The number of aliphatic carboxylic acids is 1. The minimum atomic E-state index is -1.02. The lowest BCUT2D eigenvalue weighted by Crippen LogP contribution is -2.48. The van der Waals surface area contributed by atoms with Gasteiger partial charge in [-0.1, -0.05) is 13.8 Å². The van der Waals surface area contributed by atoms with E-state index in [1.54, 1.807) is 14.2 Å². The van der Waals surface area contributed by atoms with Crippen LogP contribution in [0.4, 0.5) is 4.79 Å². The van der Waals surface area contributed by atoms with Crippen molar-refractivity contribution in [2.24, 2.45) is 5.92 Å². The molecule has 20 heavy (non-hydrogen) atoms. The van der Waals surface area contributed by atoms with Crippen LogP contribution < -0.4 is 5.32 Å². The molecule has 1 rings (SSSR count). The van der Waals surface area contributed by atoms with Crippen LogP contribution in [0.25, 0.3) is 0 Å². The predicted octanol–water partition coefficient (Wildman–Crippen LogP) is 0.541. The first-order chi connectivity index (χ1) is 9.38. The number of urea groups is 1. The number of carboxylic acids is 1. The van der Waals surface area contributed by atoms with E-state index in [-0.39, 0.29) is 24.2 Å². The van der Waals surface area contributed by atoms with Gasteiger partial charge in [-0.2, -0.15) is 0 Å². The zero-order valence-electron chi connectivity index (χ0n) is 12.5. The topological polar surface area (TPSA) is 88.1 Å². The molecule has 0 aliphatic carbocycles. The van der Waals surface area contributed by atoms with Gasteiger partial charge in [-0.15, -0.1) is 0 Å². The van der Waals surface area contributed by atoms with Crippen molar-refractivity contribution in [2.75, 3.05) is 27.3 Å². The number of methoxy groups -OCH3 is 2. The lowest BCUT2D eigenvalue weighted by Gasteiger charge is -2.21. The second-order valence-corrected chi connectivity index (χ2v) is 5.42. The Hall–Kier alpha value is -1.34. The highest BCUT2D eigenvalue weighted by atomic mass is 16.5. The first-order valence-corrected chi connectivity index (χ1v) is 6.72. The summed E-state index contributed by atoms with van der Waals surface area (Å²) in [6.07, 6.45) is 0.0364. The van der Waals surface area contributed by atoms with Gasteiger partial charge >= 0.3 is 12.0 Å². The molecule has 7 heteroatoms. The number of hydrogen-bond acceptors (Lipinski definition) is 4. The lowest BCUT2D eigenvalue weighted by molar-refractivity contribution is -0.139. The summed E-state index contributed by atoms with van der Waals surface area (Å²) in [5.41, 5.74) is 0. The monoisotopic (exact) mass is 288 g/mol. The summed E-state index contributed by atoms with van der Waals surface area (Å²) in [5, 5.41) is 11.7. The molecule has 0 aromatic carbocycles. The second kappa shape index (κ2) is 7.44. The number of hydrogen-bond donors (Lipinski definition) is 2. The van der Waals surface area contributed by atoms with E-state index in [1.807, 2.05) is 13.8 Å². The fourth-order valence-corrected chi connectivity index (χ4v) is 2.30. The number of nitrogens with zero attached hydrogens (tertiary/aromatic N) is 1. The van der Waals surface area contributed by atoms with E-state index in [9.17, 15) is 9.59 Å². The van der Waals surface area contributed by atoms with Crippen molar-refractivity contribution in [2.45, 2.75) is 38.5 Å². The van der Waals surface area contributed by atoms with Crippen LogP contribution in [0.5, 0.6) is 0 Å². The zero-order valence-corrected chi connectivity index (χ0v) is 12.5. The SMILES string of the molecule is COC1CN(C(=O)NC(CC(C)C)C(=O)O)CC1OC. The van der Waals surface area contributed by atoms with E-state index in [2.05, 4.69) is 5.32 Å². The van der Waals surface area contributed by atoms with Gasteiger partial charge in [0, 0.05) is 14.2 Å². The van der Waals surface area contributed by atoms with Crippen molar-refractivity contribution in [3.63, 3.8) is 0 Å². The fraction of sp³-hybridized carbons (Fsp3) is 0.846. The van der Waals surface area contributed by atoms with Crippen molar-refractivity contribution in [3.05, 3.63) is 0 Å². The highest BCUT2D eigenvalue weighted by Crippen LogP contribution is 2.16. The maximum Gasteiger partial charge on any atom is 0.326 e. The van der Waals surface area contributed by atoms with Crippen LogP contribution in [0.3, 0.4) is 0 Å². The Kier molecular flexibility index (Phi) is 6.22. The molecule has 0 bridgehead atoms. The molecular weight excluding hydrogens is 264 g/mol. The summed E-state index contributed by atoms with van der Waals surface area (Å²) < 4.78 is 10.5. The number of carboxylic acid groups (broad SMARTS) is 1. The summed E-state index contributed by atoms with van der Waals surface area (Å²) >= 11 is 0. The molecule has 3 unspecified atom stereocenters. The summed E-state index contributed by atoms with van der Waals surface area (Å²) in [4.78, 5) is 24.8. The average Bonchev–Trinajstić information content (AvgIpc) is 2.80. The van der Waals surface area contributed by atoms with Crippen molar-refractivity contribution in [1.29, 1.82) is 0 Å². The van der Waals surface area contributed by atoms with Gasteiger partial charge in [0.2, 0.25) is 0 Å². The number of ether oxygens (including phenoxy) is 2. The van der Waals surface area contributed by atoms with Crippen LogP contribution >= 0.6 is 0 Å². The van der Waals surface area contributed by atoms with Gasteiger partial charge in [0.05, 0.1) is 13.1 Å². The predicted molar refractivity (Wildman–Crippen MR) is 72.6 cm³/mol. The number of amides is 2. The van der Waals surface area contributed by atoms with E-state index in [0.29, 0.717) is 19.5 Å². The second-order valence-electron chi connectivity index (χ2n) is 5.42. The number of carbonyl (C=O) groups excluding carboxylic acids is 1. The van der Waals surface area contributed by atoms with Crippen molar-refractivity contribution in [1.82, 2.24) is 10.2 Å². The molecule has 7 nitrogen and oxygen atoms in total. The number of nitrogens with one attached hydrogen (secondary N) is 1. The van der Waals surface area contributed by atoms with E-state index >= 15 is 0 Å². The largest absolute Gasteiger partial charge is 0.480 e. The smallest absolute Gasteiger partial charge is 0.326 e. The molecule has 0 aromatic heterocycles. The normalized spacial score (nSPS) is 23.9. The Morgan fingerprint density at radius 3 is 2.10 bits per heavy atom. The van der Waals surface area contributed by atoms with Gasteiger partial charge in [0.1, 0.15) is 18.2 Å². The molecule has 1 saturated heterocycles. The molecule has 116 valence electrons. The third-order valence-electron chi connectivity index (χ3n) is 3.41. The summed E-state index contributed by atoms with van der Waals surface area (Å²) in [7, 11) is 3.13. The Labute approximate surface area is 119 Å². The van der Waals surface area contributed by atoms with Crippen molar-refractivity contribution < 1.29 is 24.2 Å². The van der Waals surface area contributed by atoms with E-state index in [0.717, 1.165) is 0 Å². The fourth-order valence-electron chi connectivity index (χ4n) is 2.30. The van der Waals surface area contributed by atoms with Crippen molar-refractivity contribution >= 4 is 12.0 Å². The van der Waals surface area contributed by atoms with Crippen LogP contribution in [-0.4, -0.2) is 67.6 Å². The highest BCUT2D eigenvalue weighted by Gasteiger charge is 2.36. The molecule has 1 fully saturated rings. The van der Waals surface area contributed by atoms with Crippen LogP contribution in [0, 0.1) is 5.92 Å². The zero-order chi connectivity index (χ0) is 15.3. The number of rotatable bonds is 6. The van der Waals surface area contributed by atoms with Gasteiger partial charge < -0.3 is 24.8 Å². The van der Waals surface area contributed by atoms with Crippen LogP contribution in [0.15, 0.2) is 0 Å². The van der Waals surface area contributed by atoms with E-state index in [4.69, 9.17) is 14.6 Å². The summed E-state index contributed by atoms with van der Waals surface area (Å²) in [5.74, 6) is -0.828. The molecule has 1 aliphatic rings. The Balaban J connectivity index is 2.59.